The summed E-state index contributed by atoms with van der Waals surface area (Å²) in [5.74, 6) is -0.279. The van der Waals surface area contributed by atoms with Gasteiger partial charge >= 0.3 is 5.95 Å². The largest absolute Gasteiger partial charge is 0.631 e. The highest BCUT2D eigenvalue weighted by molar-refractivity contribution is 5.18. The number of hydroxylamine groups is 2. The summed E-state index contributed by atoms with van der Waals surface area (Å²) in [7, 11) is 0. The molecule has 1 saturated heterocycles. The van der Waals surface area contributed by atoms with Crippen molar-refractivity contribution in [1.82, 2.24) is 0 Å². The first kappa shape index (κ1) is 18.4. The third-order valence-corrected chi connectivity index (χ3v) is 5.16. The third kappa shape index (κ3) is 3.04. The molecule has 0 spiro atoms. The van der Waals surface area contributed by atoms with Crippen LogP contribution in [0.25, 0.3) is 0 Å². The maximum atomic E-state index is 12.5. The van der Waals surface area contributed by atoms with E-state index in [1.54, 1.807) is 0 Å². The Bertz CT molecular complexity index is 475. The van der Waals surface area contributed by atoms with Crippen molar-refractivity contribution in [3.8, 4) is 0 Å². The van der Waals surface area contributed by atoms with E-state index >= 15 is 0 Å². The predicted octanol–water partition coefficient (Wildman–Crippen LogP) is 1.99. The average Bonchev–Trinajstić information content (AvgIpc) is 2.43. The van der Waals surface area contributed by atoms with Crippen LogP contribution < -0.4 is 5.06 Å². The Labute approximate surface area is 138 Å². The Hall–Kier alpha value is -0.980. The molecule has 3 aliphatic heterocycles. The Kier molecular flexibility index (Phi) is 4.65. The quantitative estimate of drug-likeness (QED) is 0.622. The van der Waals surface area contributed by atoms with E-state index in [9.17, 15) is 15.4 Å². The molecule has 0 saturated carbocycles. The van der Waals surface area contributed by atoms with Gasteiger partial charge in [0.15, 0.2) is 6.04 Å². The highest BCUT2D eigenvalue weighted by atomic mass is 16.7. The van der Waals surface area contributed by atoms with E-state index in [1.165, 1.54) is 0 Å². The van der Waals surface area contributed by atoms with Crippen LogP contribution in [0.4, 0.5) is 0 Å². The second-order valence-electron chi connectivity index (χ2n) is 8.26. The van der Waals surface area contributed by atoms with Gasteiger partial charge in [0.1, 0.15) is 5.60 Å². The average molecular weight is 329 g/mol. The number of rotatable bonds is 7. The fourth-order valence-electron chi connectivity index (χ4n) is 3.55. The Morgan fingerprint density at radius 2 is 1.91 bits per heavy atom. The van der Waals surface area contributed by atoms with Crippen molar-refractivity contribution >= 4 is 0 Å². The summed E-state index contributed by atoms with van der Waals surface area (Å²) in [5.41, 5.74) is -1.94. The summed E-state index contributed by atoms with van der Waals surface area (Å²) in [6, 6.07) is -0.913. The van der Waals surface area contributed by atoms with Crippen molar-refractivity contribution in [3.63, 3.8) is 0 Å². The first-order valence-electron chi connectivity index (χ1n) is 8.53. The number of hydrogen-bond acceptors (Lipinski definition) is 5. The van der Waals surface area contributed by atoms with E-state index in [0.29, 0.717) is 6.42 Å². The second kappa shape index (κ2) is 5.83. The van der Waals surface area contributed by atoms with Crippen LogP contribution in [0.1, 0.15) is 67.2 Å². The van der Waals surface area contributed by atoms with Crippen molar-refractivity contribution in [2.75, 3.05) is 0 Å². The molecule has 0 aliphatic carbocycles. The van der Waals surface area contributed by atoms with Gasteiger partial charge in [0.05, 0.1) is 0 Å². The zero-order valence-electron chi connectivity index (χ0n) is 15.1. The lowest BCUT2D eigenvalue weighted by molar-refractivity contribution is -1.02. The standard InChI is InChI=1S/C17H31NO5/c1-7-9-15(3,4)10-17-13(20)11(18(17)21)12(19)14(23-17)22-16(5,6)8-2/h11,13,18-20H,7-10H2,1-6H3/t11?,13-,17?/m0/s1. The molecule has 3 N–H and O–H groups in total. The first-order chi connectivity index (χ1) is 10.5. The van der Waals surface area contributed by atoms with E-state index < -0.39 is 23.5 Å². The SMILES string of the molecule is CCCC(C)(C)CC12OC(OC(C)(C)CC)=C(O)C([C@@H]1O)[NH+]2[O-]. The van der Waals surface area contributed by atoms with Gasteiger partial charge in [-0.3, -0.25) is 0 Å². The molecule has 23 heavy (non-hydrogen) atoms. The lowest BCUT2D eigenvalue weighted by atomic mass is 9.72. The molecule has 3 unspecified atom stereocenters. The summed E-state index contributed by atoms with van der Waals surface area (Å²) in [5, 5.41) is 32.9. The van der Waals surface area contributed by atoms with Gasteiger partial charge in [-0.2, -0.15) is 0 Å². The molecule has 3 rings (SSSR count). The van der Waals surface area contributed by atoms with Crippen LogP contribution in [0.15, 0.2) is 11.7 Å². The van der Waals surface area contributed by atoms with Crippen LogP contribution in [0.5, 0.6) is 0 Å². The van der Waals surface area contributed by atoms with Crippen LogP contribution in [-0.4, -0.2) is 33.7 Å². The van der Waals surface area contributed by atoms with Gasteiger partial charge in [0.2, 0.25) is 11.9 Å². The normalized spacial score (nSPS) is 34.0. The van der Waals surface area contributed by atoms with E-state index in [1.807, 2.05) is 20.8 Å². The molecule has 4 atom stereocenters. The number of aliphatic hydroxyl groups excluding tert-OH is 2. The molecular formula is C17H31NO5. The Morgan fingerprint density at radius 1 is 1.30 bits per heavy atom. The van der Waals surface area contributed by atoms with Gasteiger partial charge in [-0.05, 0) is 32.1 Å². The molecule has 6 nitrogen and oxygen atoms in total. The summed E-state index contributed by atoms with van der Waals surface area (Å²) < 4.78 is 11.6. The van der Waals surface area contributed by atoms with Gasteiger partial charge in [-0.15, -0.1) is 0 Å². The maximum Gasteiger partial charge on any atom is 0.330 e. The summed E-state index contributed by atoms with van der Waals surface area (Å²) in [6.45, 7) is 12.0. The van der Waals surface area contributed by atoms with Gasteiger partial charge in [0.25, 0.3) is 5.72 Å². The minimum Gasteiger partial charge on any atom is -0.631 e. The van der Waals surface area contributed by atoms with Crippen LogP contribution in [0, 0.1) is 10.6 Å². The van der Waals surface area contributed by atoms with E-state index in [4.69, 9.17) is 9.47 Å². The molecule has 2 bridgehead atoms. The van der Waals surface area contributed by atoms with Crippen molar-refractivity contribution in [3.05, 3.63) is 16.9 Å². The number of aliphatic hydroxyl groups is 2. The monoisotopic (exact) mass is 329 g/mol. The number of ether oxygens (including phenoxy) is 2. The van der Waals surface area contributed by atoms with Crippen LogP contribution >= 0.6 is 0 Å². The lowest BCUT2D eigenvalue weighted by Gasteiger charge is -2.62. The molecule has 1 fully saturated rings. The number of nitrogens with one attached hydrogen (secondary N) is 1. The highest BCUT2D eigenvalue weighted by Crippen LogP contribution is 2.44. The number of hydrogen-bond donors (Lipinski definition) is 3. The zero-order valence-corrected chi connectivity index (χ0v) is 15.1. The van der Waals surface area contributed by atoms with E-state index in [2.05, 4.69) is 20.8 Å². The minimum absolute atomic E-state index is 0.000881. The summed E-state index contributed by atoms with van der Waals surface area (Å²) >= 11 is 0. The number of fused-ring (bicyclic) bond motifs is 1. The molecule has 134 valence electrons. The molecule has 0 aromatic rings. The Balaban J connectivity index is 2.27. The van der Waals surface area contributed by atoms with E-state index in [0.717, 1.165) is 19.3 Å². The highest BCUT2D eigenvalue weighted by Gasteiger charge is 2.71. The minimum atomic E-state index is -1.28. The molecule has 0 radical (unpaired) electrons. The van der Waals surface area contributed by atoms with Gasteiger partial charge in [-0.1, -0.05) is 34.1 Å². The smallest absolute Gasteiger partial charge is 0.330 e. The third-order valence-electron chi connectivity index (χ3n) is 5.16. The molecule has 0 amide bonds. The lowest BCUT2D eigenvalue weighted by Crippen LogP contribution is -3.32. The van der Waals surface area contributed by atoms with Crippen molar-refractivity contribution in [2.24, 2.45) is 5.41 Å². The summed E-state index contributed by atoms with van der Waals surface area (Å²) in [6.07, 6.45) is 2.04. The fraction of sp³-hybridized carbons (Fsp3) is 0.882. The maximum absolute atomic E-state index is 12.5. The first-order valence-corrected chi connectivity index (χ1v) is 8.53. The molecular weight excluding hydrogens is 298 g/mol. The Morgan fingerprint density at radius 3 is 2.39 bits per heavy atom. The van der Waals surface area contributed by atoms with Crippen LogP contribution in [0.3, 0.4) is 0 Å². The second-order valence-corrected chi connectivity index (χ2v) is 8.26. The molecule has 0 aromatic heterocycles. The van der Waals surface area contributed by atoms with Gasteiger partial charge in [-0.25, -0.2) is 0 Å². The molecule has 0 aromatic carbocycles. The van der Waals surface area contributed by atoms with Crippen molar-refractivity contribution in [1.29, 1.82) is 0 Å². The molecule has 3 aliphatic rings. The van der Waals surface area contributed by atoms with Crippen molar-refractivity contribution in [2.45, 2.75) is 90.7 Å². The topological polar surface area (TPSA) is 86.4 Å². The van der Waals surface area contributed by atoms with Crippen LogP contribution in [-0.2, 0) is 9.47 Å². The van der Waals surface area contributed by atoms with Gasteiger partial charge < -0.3 is 30.0 Å². The van der Waals surface area contributed by atoms with Crippen molar-refractivity contribution < 1.29 is 24.7 Å². The number of quaternary nitrogens is 1. The fourth-order valence-corrected chi connectivity index (χ4v) is 3.55. The molecule has 6 heteroatoms. The summed E-state index contributed by atoms with van der Waals surface area (Å²) in [4.78, 5) is 0. The van der Waals surface area contributed by atoms with Crippen LogP contribution in [0.2, 0.25) is 0 Å². The zero-order chi connectivity index (χ0) is 17.6. The predicted molar refractivity (Wildman–Crippen MR) is 86.4 cm³/mol. The van der Waals surface area contributed by atoms with Gasteiger partial charge in [0, 0.05) is 6.42 Å². The van der Waals surface area contributed by atoms with E-state index in [-0.39, 0.29) is 22.2 Å². The molecule has 3 heterocycles.